The second kappa shape index (κ2) is 6.58. The van der Waals surface area contributed by atoms with E-state index in [1.165, 1.54) is 5.75 Å². The molecule has 6 heteroatoms. The van der Waals surface area contributed by atoms with Crippen LogP contribution in [0, 0.1) is 0 Å². The standard InChI is InChI=1S/C9H17N3OS.ClH/c13-9(12-8-4-10-5-8)3-7-6-14-2-1-11-7;/h7-8,10-11H,1-6H2,(H,12,13);1H. The molecule has 15 heavy (non-hydrogen) atoms. The van der Waals surface area contributed by atoms with Crippen LogP contribution in [0.3, 0.4) is 0 Å². The van der Waals surface area contributed by atoms with E-state index in [4.69, 9.17) is 0 Å². The fraction of sp³-hybridized carbons (Fsp3) is 0.889. The summed E-state index contributed by atoms with van der Waals surface area (Å²) in [5, 5.41) is 9.51. The van der Waals surface area contributed by atoms with Crippen LogP contribution in [-0.2, 0) is 4.79 Å². The van der Waals surface area contributed by atoms with Crippen molar-refractivity contribution in [2.75, 3.05) is 31.1 Å². The summed E-state index contributed by atoms with van der Waals surface area (Å²) in [6.45, 7) is 2.89. The van der Waals surface area contributed by atoms with Gasteiger partial charge in [0.2, 0.25) is 5.91 Å². The predicted molar refractivity (Wildman–Crippen MR) is 65.8 cm³/mol. The molecule has 2 heterocycles. The number of carbonyl (C=O) groups excluding carboxylic acids is 1. The zero-order valence-electron chi connectivity index (χ0n) is 8.62. The Morgan fingerprint density at radius 2 is 2.27 bits per heavy atom. The van der Waals surface area contributed by atoms with Crippen molar-refractivity contribution in [2.24, 2.45) is 0 Å². The van der Waals surface area contributed by atoms with E-state index in [-0.39, 0.29) is 18.3 Å². The van der Waals surface area contributed by atoms with Gasteiger partial charge in [-0.3, -0.25) is 4.79 Å². The van der Waals surface area contributed by atoms with Gasteiger partial charge in [0.25, 0.3) is 0 Å². The van der Waals surface area contributed by atoms with Crippen molar-refractivity contribution >= 4 is 30.1 Å². The van der Waals surface area contributed by atoms with Crippen molar-refractivity contribution in [3.05, 3.63) is 0 Å². The molecule has 0 saturated carbocycles. The summed E-state index contributed by atoms with van der Waals surface area (Å²) in [5.74, 6) is 2.43. The number of rotatable bonds is 3. The first-order chi connectivity index (χ1) is 6.84. The summed E-state index contributed by atoms with van der Waals surface area (Å²) < 4.78 is 0. The van der Waals surface area contributed by atoms with Gasteiger partial charge in [0, 0.05) is 43.6 Å². The van der Waals surface area contributed by atoms with Crippen molar-refractivity contribution in [2.45, 2.75) is 18.5 Å². The fourth-order valence-electron chi connectivity index (χ4n) is 1.65. The highest BCUT2D eigenvalue weighted by atomic mass is 35.5. The van der Waals surface area contributed by atoms with E-state index in [0.717, 1.165) is 25.4 Å². The Balaban J connectivity index is 0.00000112. The Morgan fingerprint density at radius 3 is 2.80 bits per heavy atom. The number of nitrogens with one attached hydrogen (secondary N) is 3. The van der Waals surface area contributed by atoms with Gasteiger partial charge in [-0.2, -0.15) is 11.8 Å². The zero-order chi connectivity index (χ0) is 9.80. The first-order valence-corrected chi connectivity index (χ1v) is 6.31. The third kappa shape index (κ3) is 4.18. The lowest BCUT2D eigenvalue weighted by atomic mass is 10.1. The average Bonchev–Trinajstić information content (AvgIpc) is 2.13. The van der Waals surface area contributed by atoms with Gasteiger partial charge in [-0.15, -0.1) is 12.4 Å². The van der Waals surface area contributed by atoms with Crippen molar-refractivity contribution in [1.82, 2.24) is 16.0 Å². The van der Waals surface area contributed by atoms with Gasteiger partial charge in [-0.1, -0.05) is 0 Å². The maximum atomic E-state index is 11.5. The Kier molecular flexibility index (Phi) is 5.74. The molecule has 1 atom stereocenters. The summed E-state index contributed by atoms with van der Waals surface area (Å²) in [5.41, 5.74) is 0. The largest absolute Gasteiger partial charge is 0.351 e. The molecule has 2 rings (SSSR count). The molecule has 88 valence electrons. The number of carbonyl (C=O) groups is 1. The molecule has 0 radical (unpaired) electrons. The number of hydrogen-bond acceptors (Lipinski definition) is 4. The zero-order valence-corrected chi connectivity index (χ0v) is 10.3. The van der Waals surface area contributed by atoms with Gasteiger partial charge >= 0.3 is 0 Å². The molecule has 0 aliphatic carbocycles. The molecule has 1 amide bonds. The maximum absolute atomic E-state index is 11.5. The summed E-state index contributed by atoms with van der Waals surface area (Å²) >= 11 is 1.93. The third-order valence-electron chi connectivity index (χ3n) is 2.58. The normalized spacial score (nSPS) is 26.3. The van der Waals surface area contributed by atoms with Crippen LogP contribution < -0.4 is 16.0 Å². The van der Waals surface area contributed by atoms with Crippen LogP contribution in [0.1, 0.15) is 6.42 Å². The van der Waals surface area contributed by atoms with E-state index in [2.05, 4.69) is 16.0 Å². The summed E-state index contributed by atoms with van der Waals surface area (Å²) in [7, 11) is 0. The minimum Gasteiger partial charge on any atom is -0.351 e. The highest BCUT2D eigenvalue weighted by Crippen LogP contribution is 2.10. The van der Waals surface area contributed by atoms with E-state index < -0.39 is 0 Å². The van der Waals surface area contributed by atoms with Crippen LogP contribution in [-0.4, -0.2) is 49.1 Å². The van der Waals surface area contributed by atoms with E-state index in [0.29, 0.717) is 18.5 Å². The highest BCUT2D eigenvalue weighted by Gasteiger charge is 2.21. The lowest BCUT2D eigenvalue weighted by Crippen LogP contribution is -2.57. The Bertz CT molecular complexity index is 208. The lowest BCUT2D eigenvalue weighted by Gasteiger charge is -2.29. The smallest absolute Gasteiger partial charge is 0.221 e. The Morgan fingerprint density at radius 1 is 1.47 bits per heavy atom. The van der Waals surface area contributed by atoms with Crippen molar-refractivity contribution in [1.29, 1.82) is 0 Å². The van der Waals surface area contributed by atoms with Crippen LogP contribution in [0.5, 0.6) is 0 Å². The van der Waals surface area contributed by atoms with Gasteiger partial charge in [0.15, 0.2) is 0 Å². The molecule has 2 fully saturated rings. The minimum atomic E-state index is 0. The number of amides is 1. The Labute approximate surface area is 101 Å². The molecule has 0 bridgehead atoms. The molecular weight excluding hydrogens is 234 g/mol. The number of halogens is 1. The van der Waals surface area contributed by atoms with Gasteiger partial charge in [0.1, 0.15) is 0 Å². The van der Waals surface area contributed by atoms with Crippen LogP contribution in [0.2, 0.25) is 0 Å². The van der Waals surface area contributed by atoms with Gasteiger partial charge < -0.3 is 16.0 Å². The number of thioether (sulfide) groups is 1. The van der Waals surface area contributed by atoms with Crippen molar-refractivity contribution in [3.8, 4) is 0 Å². The Hall–Kier alpha value is 0.0300. The SMILES string of the molecule is Cl.O=C(CC1CSCCN1)NC1CNC1. The second-order valence-electron chi connectivity index (χ2n) is 3.85. The van der Waals surface area contributed by atoms with Crippen LogP contribution >= 0.6 is 24.2 Å². The first kappa shape index (κ1) is 13.1. The molecule has 0 aromatic rings. The first-order valence-electron chi connectivity index (χ1n) is 5.16. The van der Waals surface area contributed by atoms with Crippen LogP contribution in [0.15, 0.2) is 0 Å². The predicted octanol–water partition coefficient (Wildman–Crippen LogP) is -0.409. The molecule has 0 aromatic carbocycles. The molecule has 2 aliphatic heterocycles. The minimum absolute atomic E-state index is 0. The van der Waals surface area contributed by atoms with E-state index in [1.807, 2.05) is 11.8 Å². The number of hydrogen-bond donors (Lipinski definition) is 3. The molecular formula is C9H18ClN3OS. The highest BCUT2D eigenvalue weighted by molar-refractivity contribution is 7.99. The molecule has 0 spiro atoms. The fourth-order valence-corrected chi connectivity index (χ4v) is 2.60. The summed E-state index contributed by atoms with van der Waals surface area (Å²) in [4.78, 5) is 11.5. The average molecular weight is 252 g/mol. The summed E-state index contributed by atoms with van der Waals surface area (Å²) in [6.07, 6.45) is 0.628. The maximum Gasteiger partial charge on any atom is 0.221 e. The molecule has 1 unspecified atom stereocenters. The lowest BCUT2D eigenvalue weighted by molar-refractivity contribution is -0.122. The van der Waals surface area contributed by atoms with Gasteiger partial charge in [0.05, 0.1) is 6.04 Å². The van der Waals surface area contributed by atoms with Crippen molar-refractivity contribution < 1.29 is 4.79 Å². The topological polar surface area (TPSA) is 53.2 Å². The monoisotopic (exact) mass is 251 g/mol. The van der Waals surface area contributed by atoms with Crippen LogP contribution in [0.4, 0.5) is 0 Å². The molecule has 2 saturated heterocycles. The van der Waals surface area contributed by atoms with Crippen molar-refractivity contribution in [3.63, 3.8) is 0 Å². The summed E-state index contributed by atoms with van der Waals surface area (Å²) in [6, 6.07) is 0.750. The van der Waals surface area contributed by atoms with Gasteiger partial charge in [-0.25, -0.2) is 0 Å². The van der Waals surface area contributed by atoms with E-state index in [1.54, 1.807) is 0 Å². The molecule has 0 aromatic heterocycles. The third-order valence-corrected chi connectivity index (χ3v) is 3.71. The van der Waals surface area contributed by atoms with E-state index >= 15 is 0 Å². The van der Waals surface area contributed by atoms with E-state index in [9.17, 15) is 4.79 Å². The molecule has 4 nitrogen and oxygen atoms in total. The molecule has 3 N–H and O–H groups in total. The quantitative estimate of drug-likeness (QED) is 0.639. The molecule has 2 aliphatic rings. The second-order valence-corrected chi connectivity index (χ2v) is 5.00. The van der Waals surface area contributed by atoms with Gasteiger partial charge in [-0.05, 0) is 0 Å². The van der Waals surface area contributed by atoms with Crippen LogP contribution in [0.25, 0.3) is 0 Å².